The molecule has 3 rings (SSSR count). The SMILES string of the molecule is C=C1/C(=C\C=C2/CCC[C@]3(C)C([C@H](C)CCC=O)CC[C@@H]23)C[C@@H](O)C[C@@H]1C. The lowest BCUT2D eigenvalue weighted by Gasteiger charge is -2.44. The van der Waals surface area contributed by atoms with Gasteiger partial charge in [0.1, 0.15) is 6.29 Å². The van der Waals surface area contributed by atoms with Crippen molar-refractivity contribution in [3.05, 3.63) is 35.5 Å². The Labute approximate surface area is 165 Å². The average molecular weight is 371 g/mol. The van der Waals surface area contributed by atoms with Crippen molar-refractivity contribution in [1.29, 1.82) is 0 Å². The van der Waals surface area contributed by atoms with Crippen LogP contribution >= 0.6 is 0 Å². The number of aliphatic hydroxyl groups excluding tert-OH is 1. The molecule has 0 radical (unpaired) electrons. The van der Waals surface area contributed by atoms with E-state index in [-0.39, 0.29) is 6.10 Å². The predicted molar refractivity (Wildman–Crippen MR) is 112 cm³/mol. The molecule has 2 heteroatoms. The fourth-order valence-electron chi connectivity index (χ4n) is 6.46. The first-order valence-electron chi connectivity index (χ1n) is 11.1. The maximum atomic E-state index is 10.8. The van der Waals surface area contributed by atoms with E-state index in [1.807, 2.05) is 0 Å². The van der Waals surface area contributed by atoms with Gasteiger partial charge in [-0.1, -0.05) is 45.1 Å². The van der Waals surface area contributed by atoms with E-state index in [1.54, 1.807) is 5.57 Å². The lowest BCUT2D eigenvalue weighted by molar-refractivity contribution is -0.108. The molecule has 150 valence electrons. The first-order chi connectivity index (χ1) is 12.9. The molecule has 0 aliphatic heterocycles. The highest BCUT2D eigenvalue weighted by atomic mass is 16.3. The monoisotopic (exact) mass is 370 g/mol. The van der Waals surface area contributed by atoms with Gasteiger partial charge in [-0.3, -0.25) is 0 Å². The van der Waals surface area contributed by atoms with Gasteiger partial charge in [0.05, 0.1) is 6.10 Å². The molecule has 0 heterocycles. The quantitative estimate of drug-likeness (QED) is 0.601. The molecule has 3 aliphatic rings. The maximum Gasteiger partial charge on any atom is 0.120 e. The summed E-state index contributed by atoms with van der Waals surface area (Å²) in [6, 6.07) is 0. The molecule has 0 aromatic rings. The summed E-state index contributed by atoms with van der Waals surface area (Å²) < 4.78 is 0. The molecule has 0 bridgehead atoms. The molecular formula is C25H38O2. The largest absolute Gasteiger partial charge is 0.393 e. The van der Waals surface area contributed by atoms with Gasteiger partial charge < -0.3 is 9.90 Å². The lowest BCUT2D eigenvalue weighted by atomic mass is 9.60. The van der Waals surface area contributed by atoms with Gasteiger partial charge in [-0.25, -0.2) is 0 Å². The third-order valence-corrected chi connectivity index (χ3v) is 8.05. The number of hydrogen-bond acceptors (Lipinski definition) is 2. The lowest BCUT2D eigenvalue weighted by Crippen LogP contribution is -2.36. The van der Waals surface area contributed by atoms with Crippen molar-refractivity contribution in [3.8, 4) is 0 Å². The van der Waals surface area contributed by atoms with E-state index in [0.29, 0.717) is 29.6 Å². The second kappa shape index (κ2) is 8.47. The Kier molecular flexibility index (Phi) is 6.46. The van der Waals surface area contributed by atoms with Gasteiger partial charge in [0, 0.05) is 6.42 Å². The Bertz CT molecular complexity index is 628. The van der Waals surface area contributed by atoms with Crippen molar-refractivity contribution < 1.29 is 9.90 Å². The molecule has 27 heavy (non-hydrogen) atoms. The highest BCUT2D eigenvalue weighted by molar-refractivity contribution is 5.49. The Morgan fingerprint density at radius 1 is 1.33 bits per heavy atom. The zero-order valence-corrected chi connectivity index (χ0v) is 17.5. The smallest absolute Gasteiger partial charge is 0.120 e. The van der Waals surface area contributed by atoms with Gasteiger partial charge >= 0.3 is 0 Å². The topological polar surface area (TPSA) is 37.3 Å². The van der Waals surface area contributed by atoms with Crippen molar-refractivity contribution in [1.82, 2.24) is 0 Å². The second-order valence-electron chi connectivity index (χ2n) is 9.77. The maximum absolute atomic E-state index is 10.8. The van der Waals surface area contributed by atoms with Crippen LogP contribution in [0.25, 0.3) is 0 Å². The molecule has 0 saturated heterocycles. The summed E-state index contributed by atoms with van der Waals surface area (Å²) in [7, 11) is 0. The van der Waals surface area contributed by atoms with Crippen LogP contribution < -0.4 is 0 Å². The number of allylic oxidation sites excluding steroid dienone is 4. The summed E-state index contributed by atoms with van der Waals surface area (Å²) in [5.41, 5.74) is 4.46. The van der Waals surface area contributed by atoms with Crippen molar-refractivity contribution in [2.24, 2.45) is 29.1 Å². The van der Waals surface area contributed by atoms with E-state index in [9.17, 15) is 9.90 Å². The van der Waals surface area contributed by atoms with E-state index in [1.165, 1.54) is 43.3 Å². The molecular weight excluding hydrogens is 332 g/mol. The van der Waals surface area contributed by atoms with E-state index < -0.39 is 0 Å². The zero-order chi connectivity index (χ0) is 19.6. The average Bonchev–Trinajstić information content (AvgIpc) is 2.99. The van der Waals surface area contributed by atoms with Crippen LogP contribution in [0.5, 0.6) is 0 Å². The molecule has 2 nitrogen and oxygen atoms in total. The number of rotatable bonds is 5. The molecule has 0 aromatic heterocycles. The van der Waals surface area contributed by atoms with Crippen molar-refractivity contribution in [2.75, 3.05) is 0 Å². The number of hydrogen-bond donors (Lipinski definition) is 1. The minimum absolute atomic E-state index is 0.221. The molecule has 3 saturated carbocycles. The van der Waals surface area contributed by atoms with E-state index in [0.717, 1.165) is 31.5 Å². The Balaban J connectivity index is 1.78. The molecule has 0 amide bonds. The van der Waals surface area contributed by atoms with Crippen LogP contribution in [0.1, 0.15) is 78.6 Å². The second-order valence-corrected chi connectivity index (χ2v) is 9.77. The summed E-state index contributed by atoms with van der Waals surface area (Å²) in [6.07, 6.45) is 15.2. The Morgan fingerprint density at radius 2 is 2.11 bits per heavy atom. The fourth-order valence-corrected chi connectivity index (χ4v) is 6.46. The zero-order valence-electron chi connectivity index (χ0n) is 17.5. The molecule has 0 aromatic carbocycles. The van der Waals surface area contributed by atoms with Crippen molar-refractivity contribution in [2.45, 2.75) is 84.7 Å². The predicted octanol–water partition coefficient (Wildman–Crippen LogP) is 6.02. The summed E-state index contributed by atoms with van der Waals surface area (Å²) in [5.74, 6) is 2.44. The number of aliphatic hydroxyl groups is 1. The minimum atomic E-state index is -0.221. The molecule has 0 spiro atoms. The molecule has 1 N–H and O–H groups in total. The normalized spacial score (nSPS) is 41.0. The Morgan fingerprint density at radius 3 is 2.85 bits per heavy atom. The third-order valence-electron chi connectivity index (χ3n) is 8.05. The van der Waals surface area contributed by atoms with E-state index in [4.69, 9.17) is 0 Å². The highest BCUT2D eigenvalue weighted by Crippen LogP contribution is 2.59. The number of carbonyl (C=O) groups excluding carboxylic acids is 1. The molecule has 1 unspecified atom stereocenters. The van der Waals surface area contributed by atoms with Crippen LogP contribution in [0.15, 0.2) is 35.5 Å². The van der Waals surface area contributed by atoms with Crippen molar-refractivity contribution in [3.63, 3.8) is 0 Å². The highest BCUT2D eigenvalue weighted by Gasteiger charge is 2.50. The van der Waals surface area contributed by atoms with Gasteiger partial charge in [-0.2, -0.15) is 0 Å². The molecule has 3 aliphatic carbocycles. The first-order valence-corrected chi connectivity index (χ1v) is 11.1. The fraction of sp³-hybridized carbons (Fsp3) is 0.720. The first kappa shape index (κ1) is 20.6. The molecule has 6 atom stereocenters. The summed E-state index contributed by atoms with van der Waals surface area (Å²) >= 11 is 0. The number of carbonyl (C=O) groups is 1. The van der Waals surface area contributed by atoms with Gasteiger partial charge in [-0.05, 0) is 91.6 Å². The van der Waals surface area contributed by atoms with Crippen LogP contribution in [0.4, 0.5) is 0 Å². The van der Waals surface area contributed by atoms with Gasteiger partial charge in [0.15, 0.2) is 0 Å². The van der Waals surface area contributed by atoms with Crippen molar-refractivity contribution >= 4 is 6.29 Å². The number of aldehydes is 1. The van der Waals surface area contributed by atoms with Crippen LogP contribution in [-0.4, -0.2) is 17.5 Å². The number of fused-ring (bicyclic) bond motifs is 1. The summed E-state index contributed by atoms with van der Waals surface area (Å²) in [5, 5.41) is 10.1. The summed E-state index contributed by atoms with van der Waals surface area (Å²) in [6.45, 7) is 11.3. The summed E-state index contributed by atoms with van der Waals surface area (Å²) in [4.78, 5) is 10.8. The minimum Gasteiger partial charge on any atom is -0.393 e. The van der Waals surface area contributed by atoms with Gasteiger partial charge in [0.25, 0.3) is 0 Å². The standard InChI is InChI=1S/C25H38O2/c1-17(7-6-14-26)23-11-12-24-20(8-5-13-25(23,24)4)9-10-21-16-22(27)15-18(2)19(21)3/h9-10,14,17-18,22-24,27H,3,5-8,11-13,15-16H2,1-2,4H3/b20-9+,21-10-/t17-,18+,22+,23?,24+,25-/m1/s1. The van der Waals surface area contributed by atoms with Gasteiger partial charge in [-0.15, -0.1) is 0 Å². The van der Waals surface area contributed by atoms with Crippen LogP contribution in [-0.2, 0) is 4.79 Å². The third kappa shape index (κ3) is 4.16. The molecule has 3 fully saturated rings. The van der Waals surface area contributed by atoms with Gasteiger partial charge in [0.2, 0.25) is 0 Å². The van der Waals surface area contributed by atoms with Crippen LogP contribution in [0.3, 0.4) is 0 Å². The van der Waals surface area contributed by atoms with Crippen LogP contribution in [0.2, 0.25) is 0 Å². The Hall–Kier alpha value is -1.15. The van der Waals surface area contributed by atoms with Crippen LogP contribution in [0, 0.1) is 29.1 Å². The van der Waals surface area contributed by atoms with E-state index >= 15 is 0 Å². The van der Waals surface area contributed by atoms with E-state index in [2.05, 4.69) is 39.5 Å².